The van der Waals surface area contributed by atoms with Gasteiger partial charge in [0.2, 0.25) is 17.7 Å². The number of imide groups is 1. The van der Waals surface area contributed by atoms with Gasteiger partial charge in [0.1, 0.15) is 30.4 Å². The van der Waals surface area contributed by atoms with Crippen molar-refractivity contribution in [1.29, 1.82) is 0 Å². The molecule has 4 aliphatic rings. The molecule has 1 aromatic carbocycles. The summed E-state index contributed by atoms with van der Waals surface area (Å²) in [6.45, 7) is 14.1. The molecule has 0 saturated carbocycles. The van der Waals surface area contributed by atoms with Crippen LogP contribution in [0.15, 0.2) is 72.4 Å². The highest BCUT2D eigenvalue weighted by molar-refractivity contribution is 6.12. The van der Waals surface area contributed by atoms with Gasteiger partial charge in [-0.25, -0.2) is 14.4 Å². The van der Waals surface area contributed by atoms with Gasteiger partial charge in [-0.2, -0.15) is 0 Å². The molecule has 5 rings (SSSR count). The summed E-state index contributed by atoms with van der Waals surface area (Å²) in [5, 5.41) is 53.0. The molecular formula is C66H98N8O19. The summed E-state index contributed by atoms with van der Waals surface area (Å²) in [4.78, 5) is 133. The van der Waals surface area contributed by atoms with E-state index in [1.165, 1.54) is 29.1 Å². The van der Waals surface area contributed by atoms with Crippen LogP contribution in [0.25, 0.3) is 0 Å². The lowest BCUT2D eigenvalue weighted by atomic mass is 9.88. The van der Waals surface area contributed by atoms with E-state index in [0.29, 0.717) is 48.9 Å². The Bertz CT molecular complexity index is 2860. The lowest BCUT2D eigenvalue weighted by molar-refractivity contribution is -0.152. The Hall–Kier alpha value is -7.72. The summed E-state index contributed by atoms with van der Waals surface area (Å²) in [5.74, 6) is -5.13. The summed E-state index contributed by atoms with van der Waals surface area (Å²) < 4.78 is 29.7. The van der Waals surface area contributed by atoms with E-state index in [0.717, 1.165) is 4.90 Å². The first-order chi connectivity index (χ1) is 43.9. The zero-order valence-corrected chi connectivity index (χ0v) is 55.0. The number of unbranched alkanes of at least 4 members (excludes halogenated alkanes) is 2. The predicted molar refractivity (Wildman–Crippen MR) is 340 cm³/mol. The van der Waals surface area contributed by atoms with Crippen LogP contribution in [0.3, 0.4) is 0 Å². The first-order valence-electron chi connectivity index (χ1n) is 32.1. The zero-order valence-electron chi connectivity index (χ0n) is 55.0. The number of carboxylic acids is 1. The van der Waals surface area contributed by atoms with Gasteiger partial charge in [-0.15, -0.1) is 0 Å². The second-order valence-electron chi connectivity index (χ2n) is 25.4. The smallest absolute Gasteiger partial charge is 0.410 e. The number of aliphatic carboxylic acids is 1. The van der Waals surface area contributed by atoms with Crippen LogP contribution in [0.2, 0.25) is 0 Å². The Morgan fingerprint density at radius 3 is 2.28 bits per heavy atom. The Morgan fingerprint density at radius 1 is 0.935 bits per heavy atom. The van der Waals surface area contributed by atoms with Crippen molar-refractivity contribution in [3.63, 3.8) is 0 Å². The molecule has 2 saturated heterocycles. The molecule has 0 bridgehead atoms. The van der Waals surface area contributed by atoms with E-state index in [2.05, 4.69) is 21.3 Å². The van der Waals surface area contributed by atoms with Crippen LogP contribution in [0.5, 0.6) is 0 Å². The monoisotopic (exact) mass is 1310 g/mol. The molecule has 4 unspecified atom stereocenters. The van der Waals surface area contributed by atoms with Crippen molar-refractivity contribution in [3.05, 3.63) is 77.9 Å². The number of amides is 9. The molecular weight excluding hydrogens is 1210 g/mol. The molecule has 4 aliphatic heterocycles. The van der Waals surface area contributed by atoms with Gasteiger partial charge in [0.15, 0.2) is 6.10 Å². The number of carbonyl (C=O) groups is 10. The summed E-state index contributed by atoms with van der Waals surface area (Å²) in [6.07, 6.45) is 7.59. The second kappa shape index (κ2) is 36.1. The number of cyclic esters (lactones) is 1. The lowest BCUT2D eigenvalue weighted by Gasteiger charge is -2.41. The highest BCUT2D eigenvalue weighted by Crippen LogP contribution is 2.38. The third-order valence-corrected chi connectivity index (χ3v) is 17.3. The number of urea groups is 1. The molecule has 4 heterocycles. The number of anilines is 1. The van der Waals surface area contributed by atoms with Crippen LogP contribution in [0.4, 0.5) is 20.1 Å². The zero-order chi connectivity index (χ0) is 68.7. The average Bonchev–Trinajstić information content (AvgIpc) is 1.74. The number of rotatable bonds is 31. The number of allylic oxidation sites excluding steroid dienone is 2. The maximum atomic E-state index is 14.3. The largest absolute Gasteiger partial charge is 0.481 e. The predicted octanol–water partition coefficient (Wildman–Crippen LogP) is 5.05. The van der Waals surface area contributed by atoms with Gasteiger partial charge in [0.05, 0.1) is 42.5 Å². The summed E-state index contributed by atoms with van der Waals surface area (Å²) in [5.41, 5.74) is 4.19. The van der Waals surface area contributed by atoms with E-state index < -0.39 is 108 Å². The van der Waals surface area contributed by atoms with Crippen LogP contribution >= 0.6 is 0 Å². The minimum absolute atomic E-state index is 0.0243. The number of ether oxygens (including phenoxy) is 5. The first kappa shape index (κ1) is 76.0. The minimum atomic E-state index is -1.26. The number of primary amides is 1. The van der Waals surface area contributed by atoms with Gasteiger partial charge in [-0.1, -0.05) is 77.5 Å². The van der Waals surface area contributed by atoms with Crippen LogP contribution in [0, 0.1) is 17.8 Å². The summed E-state index contributed by atoms with van der Waals surface area (Å²) in [7, 11) is 1.44. The number of aliphatic hydroxyl groups is 3. The molecule has 516 valence electrons. The van der Waals surface area contributed by atoms with Gasteiger partial charge in [-0.05, 0) is 107 Å². The fourth-order valence-electron chi connectivity index (χ4n) is 11.3. The van der Waals surface area contributed by atoms with E-state index in [9.17, 15) is 68.4 Å². The minimum Gasteiger partial charge on any atom is -0.481 e. The lowest BCUT2D eigenvalue weighted by Crippen LogP contribution is -2.57. The van der Waals surface area contributed by atoms with Gasteiger partial charge in [0, 0.05) is 88.8 Å². The molecule has 1 aromatic rings. The number of nitrogens with two attached hydrogens (primary N) is 1. The van der Waals surface area contributed by atoms with Crippen LogP contribution in [0.1, 0.15) is 144 Å². The Morgan fingerprint density at radius 2 is 1.63 bits per heavy atom. The number of epoxide rings is 1. The molecule has 2 fully saturated rings. The average molecular weight is 1310 g/mol. The molecule has 13 atom stereocenters. The molecule has 0 aromatic heterocycles. The van der Waals surface area contributed by atoms with Crippen LogP contribution in [-0.2, 0) is 63.9 Å². The van der Waals surface area contributed by atoms with Gasteiger partial charge in [-0.3, -0.25) is 38.5 Å². The topological polar surface area (TPSA) is 385 Å². The fraction of sp³-hybridized carbons (Fsp3) is 0.636. The van der Waals surface area contributed by atoms with E-state index in [1.807, 2.05) is 20.8 Å². The van der Waals surface area contributed by atoms with Crippen molar-refractivity contribution in [2.75, 3.05) is 45.2 Å². The molecule has 0 radical (unpaired) electrons. The Balaban J connectivity index is 1.20. The van der Waals surface area contributed by atoms with Crippen LogP contribution < -0.4 is 27.0 Å². The molecule has 10 N–H and O–H groups in total. The number of carbonyl (C=O) groups excluding carboxylic acids is 9. The van der Waals surface area contributed by atoms with Crippen molar-refractivity contribution in [3.8, 4) is 0 Å². The molecule has 0 aliphatic carbocycles. The third-order valence-electron chi connectivity index (χ3n) is 17.3. The Kier molecular flexibility index (Phi) is 29.5. The maximum Gasteiger partial charge on any atom is 0.410 e. The van der Waals surface area contributed by atoms with Gasteiger partial charge < -0.3 is 80.9 Å². The van der Waals surface area contributed by atoms with Crippen molar-refractivity contribution in [2.45, 2.75) is 211 Å². The van der Waals surface area contributed by atoms with Crippen molar-refractivity contribution in [1.82, 2.24) is 30.7 Å². The van der Waals surface area contributed by atoms with E-state index in [-0.39, 0.29) is 127 Å². The van der Waals surface area contributed by atoms with Crippen LogP contribution in [-0.4, -0.2) is 201 Å². The second-order valence-corrected chi connectivity index (χ2v) is 25.4. The molecule has 27 nitrogen and oxygen atoms in total. The summed E-state index contributed by atoms with van der Waals surface area (Å²) in [6, 6.07) is 2.58. The number of hydrogen-bond acceptors (Lipinski definition) is 18. The highest BCUT2D eigenvalue weighted by atomic mass is 16.6. The maximum absolute atomic E-state index is 14.3. The van der Waals surface area contributed by atoms with Crippen molar-refractivity contribution >= 4 is 65.4 Å². The number of carboxylic acid groups (broad SMARTS) is 1. The number of benzene rings is 1. The molecule has 93 heavy (non-hydrogen) atoms. The number of esters is 1. The number of hydrogen-bond donors (Lipinski definition) is 9. The third kappa shape index (κ3) is 24.3. The number of piperazine rings is 1. The number of nitrogens with one attached hydrogen (secondary N) is 4. The Labute approximate surface area is 544 Å². The van der Waals surface area contributed by atoms with Gasteiger partial charge in [0.25, 0.3) is 11.8 Å². The number of nitrogens with zero attached hydrogens (tertiary/aromatic N) is 3. The van der Waals surface area contributed by atoms with E-state index >= 15 is 0 Å². The van der Waals surface area contributed by atoms with E-state index in [4.69, 9.17) is 29.4 Å². The highest BCUT2D eigenvalue weighted by Gasteiger charge is 2.47. The van der Waals surface area contributed by atoms with Crippen molar-refractivity contribution in [2.24, 2.45) is 23.5 Å². The molecule has 0 spiro atoms. The summed E-state index contributed by atoms with van der Waals surface area (Å²) >= 11 is 0. The number of methoxy groups -OCH3 is 1. The van der Waals surface area contributed by atoms with Gasteiger partial charge >= 0.3 is 30.2 Å². The normalized spacial score (nSPS) is 25.1. The molecule has 9 amide bonds. The molecule has 27 heteroatoms. The number of aliphatic hydroxyl groups excluding tert-OH is 2. The standard InChI is InChI=1S/C66H98N8O19/c1-10-49(76)43(6)59-50(91-59)37-65(7,88)30-14-16-41(4)58-42(5)19-25-51(66(8,89-9)31-29-47(75)36-56(82)93-58)92-63(86)72-34-35-73(46(38-72)24-28-55(80)81)64(87)90-39-44-20-22-45(23-21-44)69-60(83)48(17-15-32-68-62(67)85)70-61(84)57(40(2)3)71-52(77)18-12-11-13-33-74-53(78)26-27-54(74)79/h14,16,19-23,25-27,30,40,42-43,46-51,57-59,75-76,88H,10-13,15,17-18,24,28-29,31-39H2,1-9H3,(H,69,83)(H,70,84)(H,71,77)(H,80,81)(H3,67,68,85)/b25-19+,30-14+,41-16+/t42-,43+,46?,47+,48?,49-,50+,51-,57?,58+,59+,65?,66+/m0/s1. The first-order valence-corrected chi connectivity index (χ1v) is 32.1. The SMILES string of the molecule is CC[C@H](O)[C@@H](C)[C@H]1O[C@@H]1CC(C)(O)/C=C/C=C(\C)[C@H]1OC(=O)C[C@H](O)CC[C@@](C)(OC)[C@@H](OC(=O)N2CCN(C(=O)OCc3ccc(NC(=O)C(CCCNC(N)=O)NC(=O)C(NC(=O)CCCCCN4C(=O)C=CC4=O)C(C)C)cc3)C(CCC(=O)O)C2)/C=C/[C@@H]1C. The van der Waals surface area contributed by atoms with Crippen molar-refractivity contribution < 1.29 is 92.1 Å². The van der Waals surface area contributed by atoms with E-state index in [1.54, 1.807) is 89.3 Å². The fourth-order valence-corrected chi connectivity index (χ4v) is 11.3. The quantitative estimate of drug-likeness (QED) is 0.00893.